The molecule has 0 saturated carbocycles. The highest BCUT2D eigenvalue weighted by molar-refractivity contribution is 8.00. The van der Waals surface area contributed by atoms with Crippen LogP contribution in [-0.4, -0.2) is 96.6 Å². The fourth-order valence-corrected chi connectivity index (χ4v) is 7.65. The number of ether oxygens (including phenoxy) is 5. The first-order valence-electron chi connectivity index (χ1n) is 15.8. The van der Waals surface area contributed by atoms with Gasteiger partial charge in [-0.15, -0.1) is 11.8 Å². The molecule has 3 aliphatic heterocycles. The van der Waals surface area contributed by atoms with Crippen molar-refractivity contribution in [2.45, 2.75) is 82.4 Å². The van der Waals surface area contributed by atoms with Crippen LogP contribution in [0.3, 0.4) is 0 Å². The van der Waals surface area contributed by atoms with Crippen molar-refractivity contribution in [2.24, 2.45) is 5.92 Å². The largest absolute Gasteiger partial charge is 0.497 e. The zero-order valence-electron chi connectivity index (χ0n) is 27.7. The van der Waals surface area contributed by atoms with E-state index in [1.54, 1.807) is 18.2 Å². The second-order valence-corrected chi connectivity index (χ2v) is 14.4. The van der Waals surface area contributed by atoms with Crippen LogP contribution in [0.25, 0.3) is 0 Å². The Bertz CT molecular complexity index is 1430. The van der Waals surface area contributed by atoms with Gasteiger partial charge in [0.15, 0.2) is 12.4 Å². The number of rotatable bonds is 11. The maximum atomic E-state index is 14.1. The van der Waals surface area contributed by atoms with Gasteiger partial charge in [-0.3, -0.25) is 9.59 Å². The van der Waals surface area contributed by atoms with Gasteiger partial charge in [0.25, 0.3) is 5.91 Å². The summed E-state index contributed by atoms with van der Waals surface area (Å²) in [5.74, 6) is 0.130. The molecule has 12 nitrogen and oxygen atoms in total. The quantitative estimate of drug-likeness (QED) is 0.326. The van der Waals surface area contributed by atoms with Crippen LogP contribution >= 0.6 is 11.8 Å². The normalized spacial score (nSPS) is 24.3. The highest BCUT2D eigenvalue weighted by atomic mass is 32.2. The Balaban J connectivity index is 1.35. The third-order valence-electron chi connectivity index (χ3n) is 9.21. The summed E-state index contributed by atoms with van der Waals surface area (Å²) < 4.78 is 27.0. The molecule has 13 heteroatoms. The van der Waals surface area contributed by atoms with Gasteiger partial charge in [-0.1, -0.05) is 18.2 Å². The van der Waals surface area contributed by atoms with E-state index >= 15 is 0 Å². The Kier molecular flexibility index (Phi) is 10.9. The summed E-state index contributed by atoms with van der Waals surface area (Å²) in [5.41, 5.74) is 3.78. The Hall–Kier alpha value is -3.52. The summed E-state index contributed by atoms with van der Waals surface area (Å²) in [6.45, 7) is 8.82. The van der Waals surface area contributed by atoms with E-state index < -0.39 is 47.3 Å². The van der Waals surface area contributed by atoms with E-state index in [1.165, 1.54) is 30.9 Å². The van der Waals surface area contributed by atoms with Gasteiger partial charge in [0, 0.05) is 17.4 Å². The number of hydrogen-bond donors (Lipinski definition) is 3. The summed E-state index contributed by atoms with van der Waals surface area (Å²) in [6.07, 6.45) is -2.68. The first-order valence-corrected chi connectivity index (χ1v) is 16.8. The van der Waals surface area contributed by atoms with Gasteiger partial charge in [-0.05, 0) is 74.9 Å². The average molecular weight is 672 g/mol. The molecule has 3 fully saturated rings. The Morgan fingerprint density at radius 2 is 1.77 bits per heavy atom. The lowest BCUT2D eigenvalue weighted by Crippen LogP contribution is -2.58. The number of alkyl carbamates (subject to hydrolysis) is 1. The van der Waals surface area contributed by atoms with Crippen LogP contribution in [0.2, 0.25) is 0 Å². The highest BCUT2D eigenvalue weighted by Crippen LogP contribution is 2.40. The van der Waals surface area contributed by atoms with Crippen LogP contribution in [0.4, 0.5) is 4.79 Å². The number of methoxy groups -OCH3 is 2. The summed E-state index contributed by atoms with van der Waals surface area (Å²) in [7, 11) is 3.04. The third kappa shape index (κ3) is 7.80. The number of thioether (sulfide) groups is 1. The molecule has 3 N–H and O–H groups in total. The maximum absolute atomic E-state index is 14.1. The van der Waals surface area contributed by atoms with Crippen LogP contribution < -0.4 is 20.1 Å². The molecule has 0 aliphatic carbocycles. The van der Waals surface area contributed by atoms with Crippen molar-refractivity contribution in [3.8, 4) is 11.5 Å². The standard InChI is InChI=1S/C34H45N3O9S/c1-19-8-7-9-20(2)25(19)16-35-30(39)29-34(3,4)47-18-37(29)31(40)28(38)26(14-21-12-22(42-5)15-23(13-21)43-6)36-33(41)46-27-17-45-32-24(27)10-11-44-32/h7-9,12-13,15,24,26-29,32,38H,10-11,14,16-18H2,1-6H3,(H,35,39)(H,36,41)/t24-,26+,27-,28+,29-,32+/m1/s1. The zero-order valence-corrected chi connectivity index (χ0v) is 28.6. The smallest absolute Gasteiger partial charge is 0.407 e. The van der Waals surface area contributed by atoms with Crippen molar-refractivity contribution in [3.63, 3.8) is 0 Å². The van der Waals surface area contributed by atoms with Gasteiger partial charge in [-0.2, -0.15) is 0 Å². The molecule has 47 heavy (non-hydrogen) atoms. The second kappa shape index (κ2) is 14.7. The molecule has 3 heterocycles. The first-order chi connectivity index (χ1) is 22.4. The van der Waals surface area contributed by atoms with E-state index in [2.05, 4.69) is 10.6 Å². The lowest BCUT2D eigenvalue weighted by Gasteiger charge is -2.33. The van der Waals surface area contributed by atoms with Crippen LogP contribution in [0.1, 0.15) is 42.5 Å². The van der Waals surface area contributed by atoms with Crippen LogP contribution in [0.5, 0.6) is 11.5 Å². The predicted molar refractivity (Wildman–Crippen MR) is 175 cm³/mol. The van der Waals surface area contributed by atoms with Crippen LogP contribution in [-0.2, 0) is 36.8 Å². The number of carbonyl (C=O) groups excluding carboxylic acids is 3. The number of aliphatic hydroxyl groups excluding tert-OH is 1. The minimum absolute atomic E-state index is 0.0414. The molecule has 3 amide bonds. The summed E-state index contributed by atoms with van der Waals surface area (Å²) >= 11 is 1.45. The minimum Gasteiger partial charge on any atom is -0.497 e. The fraction of sp³-hybridized carbons (Fsp3) is 0.559. The van der Waals surface area contributed by atoms with Gasteiger partial charge >= 0.3 is 6.09 Å². The molecule has 0 unspecified atom stereocenters. The van der Waals surface area contributed by atoms with Crippen molar-refractivity contribution >= 4 is 29.7 Å². The lowest BCUT2D eigenvalue weighted by atomic mass is 9.96. The fourth-order valence-electron chi connectivity index (χ4n) is 6.50. The van der Waals surface area contributed by atoms with Gasteiger partial charge in [-0.25, -0.2) is 4.79 Å². The number of nitrogens with zero attached hydrogens (tertiary/aromatic N) is 1. The molecule has 0 aromatic heterocycles. The molecular weight excluding hydrogens is 626 g/mol. The van der Waals surface area contributed by atoms with Gasteiger partial charge in [0.1, 0.15) is 23.6 Å². The molecular formula is C34H45N3O9S. The van der Waals surface area contributed by atoms with E-state index in [0.717, 1.165) is 16.7 Å². The topological polar surface area (TPSA) is 145 Å². The molecule has 3 aliphatic rings. The molecule has 0 radical (unpaired) electrons. The van der Waals surface area contributed by atoms with Crippen molar-refractivity contribution in [3.05, 3.63) is 58.7 Å². The number of aryl methyl sites for hydroxylation is 2. The number of amides is 3. The number of carbonyl (C=O) groups is 3. The summed E-state index contributed by atoms with van der Waals surface area (Å²) in [4.78, 5) is 42.5. The zero-order chi connectivity index (χ0) is 33.9. The Labute approximate surface area is 279 Å². The molecule has 5 rings (SSSR count). The van der Waals surface area contributed by atoms with Gasteiger partial charge < -0.3 is 44.3 Å². The molecule has 256 valence electrons. The minimum atomic E-state index is -1.70. The van der Waals surface area contributed by atoms with Crippen molar-refractivity contribution in [1.82, 2.24) is 15.5 Å². The SMILES string of the molecule is COc1cc(C[C@H](NC(=O)O[C@@H]2CO[C@@H]3OCC[C@@H]32)[C@H](O)C(=O)N2CSC(C)(C)[C@H]2C(=O)NCc2c(C)cccc2C)cc(OC)c1. The van der Waals surface area contributed by atoms with Crippen LogP contribution in [0, 0.1) is 19.8 Å². The van der Waals surface area contributed by atoms with Gasteiger partial charge in [0.2, 0.25) is 5.91 Å². The maximum Gasteiger partial charge on any atom is 0.407 e. The predicted octanol–water partition coefficient (Wildman–Crippen LogP) is 3.08. The highest BCUT2D eigenvalue weighted by Gasteiger charge is 2.50. The number of nitrogens with one attached hydrogen (secondary N) is 2. The van der Waals surface area contributed by atoms with E-state index in [4.69, 9.17) is 23.7 Å². The molecule has 2 aromatic rings. The van der Waals surface area contributed by atoms with Crippen molar-refractivity contribution < 1.29 is 43.2 Å². The summed E-state index contributed by atoms with van der Waals surface area (Å²) in [5, 5.41) is 17.4. The average Bonchev–Trinajstić information content (AvgIpc) is 3.74. The van der Waals surface area contributed by atoms with Crippen molar-refractivity contribution in [2.75, 3.05) is 33.3 Å². The molecule has 6 atom stereocenters. The van der Waals surface area contributed by atoms with E-state index in [9.17, 15) is 19.5 Å². The first kappa shape index (κ1) is 34.8. The number of fused-ring (bicyclic) bond motifs is 1. The van der Waals surface area contributed by atoms with Gasteiger partial charge in [0.05, 0.1) is 45.3 Å². The Morgan fingerprint density at radius 1 is 1.09 bits per heavy atom. The molecule has 0 spiro atoms. The molecule has 2 aromatic carbocycles. The number of aliphatic hydroxyl groups is 1. The van der Waals surface area contributed by atoms with E-state index in [1.807, 2.05) is 45.9 Å². The number of hydrogen-bond acceptors (Lipinski definition) is 10. The third-order valence-corrected chi connectivity index (χ3v) is 10.6. The van der Waals surface area contributed by atoms with Crippen LogP contribution in [0.15, 0.2) is 36.4 Å². The number of benzene rings is 2. The van der Waals surface area contributed by atoms with E-state index in [0.29, 0.717) is 36.6 Å². The van der Waals surface area contributed by atoms with Crippen molar-refractivity contribution in [1.29, 1.82) is 0 Å². The molecule has 0 bridgehead atoms. The lowest BCUT2D eigenvalue weighted by molar-refractivity contribution is -0.147. The monoisotopic (exact) mass is 671 g/mol. The van der Waals surface area contributed by atoms with E-state index in [-0.39, 0.29) is 30.7 Å². The Morgan fingerprint density at radius 3 is 2.43 bits per heavy atom. The second-order valence-electron chi connectivity index (χ2n) is 12.8. The summed E-state index contributed by atoms with van der Waals surface area (Å²) in [6, 6.07) is 9.16. The molecule has 3 saturated heterocycles.